The Morgan fingerprint density at radius 3 is 2.65 bits per heavy atom. The zero-order valence-electron chi connectivity index (χ0n) is 18.3. The van der Waals surface area contributed by atoms with E-state index in [1.54, 1.807) is 23.6 Å². The van der Waals surface area contributed by atoms with E-state index in [0.29, 0.717) is 16.7 Å². The highest BCUT2D eigenvalue weighted by Crippen LogP contribution is 2.45. The first kappa shape index (κ1) is 21.3. The topological polar surface area (TPSA) is 68.2 Å². The summed E-state index contributed by atoms with van der Waals surface area (Å²) in [6.07, 6.45) is 1.54. The maximum atomic E-state index is 12.9. The lowest BCUT2D eigenvalue weighted by atomic mass is 10.00. The predicted molar refractivity (Wildman–Crippen MR) is 123 cm³/mol. The van der Waals surface area contributed by atoms with Crippen molar-refractivity contribution >= 4 is 23.4 Å². The molecular weight excluding hydrogens is 408 g/mol. The van der Waals surface area contributed by atoms with E-state index in [1.807, 2.05) is 50.2 Å². The zero-order chi connectivity index (χ0) is 22.0. The third kappa shape index (κ3) is 4.28. The van der Waals surface area contributed by atoms with E-state index < -0.39 is 6.23 Å². The van der Waals surface area contributed by atoms with Crippen LogP contribution in [0.15, 0.2) is 47.6 Å². The van der Waals surface area contributed by atoms with Gasteiger partial charge in [-0.15, -0.1) is 10.2 Å². The number of unbranched alkanes of at least 4 members (excludes halogenated alkanes) is 1. The molecular formula is C24H26N4O2S. The fourth-order valence-electron chi connectivity index (χ4n) is 3.81. The smallest absolute Gasteiger partial charge is 0.247 e. The maximum Gasteiger partial charge on any atom is 0.247 e. The van der Waals surface area contributed by atoms with Crippen LogP contribution in [0.2, 0.25) is 0 Å². The number of benzene rings is 2. The molecule has 1 amide bonds. The quantitative estimate of drug-likeness (QED) is 0.391. The van der Waals surface area contributed by atoms with Gasteiger partial charge in [-0.25, -0.2) is 0 Å². The van der Waals surface area contributed by atoms with Crippen LogP contribution in [0.4, 0.5) is 5.69 Å². The fraction of sp³-hybridized carbons (Fsp3) is 0.333. The van der Waals surface area contributed by atoms with Crippen LogP contribution in [0.5, 0.6) is 5.88 Å². The lowest BCUT2D eigenvalue weighted by Gasteiger charge is -2.31. The number of carbonyl (C=O) groups excluding carboxylic acids is 1. The van der Waals surface area contributed by atoms with Crippen LogP contribution in [0.1, 0.15) is 49.6 Å². The minimum atomic E-state index is -0.648. The number of fused-ring (bicyclic) bond motifs is 3. The van der Waals surface area contributed by atoms with Crippen molar-refractivity contribution in [2.24, 2.45) is 0 Å². The minimum Gasteiger partial charge on any atom is -0.447 e. The van der Waals surface area contributed by atoms with Crippen molar-refractivity contribution in [2.75, 3.05) is 10.7 Å². The van der Waals surface area contributed by atoms with Gasteiger partial charge in [-0.3, -0.25) is 9.69 Å². The van der Waals surface area contributed by atoms with E-state index in [2.05, 4.69) is 23.2 Å². The molecule has 6 nitrogen and oxygen atoms in total. The van der Waals surface area contributed by atoms with Crippen LogP contribution in [-0.2, 0) is 4.79 Å². The fourth-order valence-corrected chi connectivity index (χ4v) is 4.67. The Hall–Kier alpha value is -2.93. The average molecular weight is 435 g/mol. The van der Waals surface area contributed by atoms with Gasteiger partial charge < -0.3 is 4.74 Å². The summed E-state index contributed by atoms with van der Waals surface area (Å²) in [5, 5.41) is 9.44. The van der Waals surface area contributed by atoms with Gasteiger partial charge in [0.15, 0.2) is 5.69 Å². The van der Waals surface area contributed by atoms with Crippen LogP contribution >= 0.6 is 11.8 Å². The number of aryl methyl sites for hydroxylation is 2. The van der Waals surface area contributed by atoms with Crippen LogP contribution < -0.4 is 9.64 Å². The van der Waals surface area contributed by atoms with Gasteiger partial charge in [-0.1, -0.05) is 67.1 Å². The molecule has 2 heterocycles. The molecule has 31 heavy (non-hydrogen) atoms. The molecule has 1 unspecified atom stereocenters. The van der Waals surface area contributed by atoms with E-state index in [9.17, 15) is 4.79 Å². The molecule has 1 aliphatic rings. The number of anilines is 1. The molecule has 4 rings (SSSR count). The van der Waals surface area contributed by atoms with Crippen molar-refractivity contribution in [1.29, 1.82) is 0 Å². The standard InChI is InChI=1S/C24H26N4O2S/c1-5-6-12-31-24-25-22-20(26-27-24)19-14-15(2)13-16(3)21(19)28(17(4)29)23(30-22)18-10-8-7-9-11-18/h7-11,13-14,23H,5-6,12H2,1-4H3. The minimum absolute atomic E-state index is 0.111. The van der Waals surface area contributed by atoms with E-state index in [0.717, 1.165) is 46.5 Å². The lowest BCUT2D eigenvalue weighted by Crippen LogP contribution is -2.36. The summed E-state index contributed by atoms with van der Waals surface area (Å²) < 4.78 is 6.42. The number of rotatable bonds is 5. The summed E-state index contributed by atoms with van der Waals surface area (Å²) in [5.74, 6) is 1.21. The molecule has 2 aromatic carbocycles. The van der Waals surface area contributed by atoms with Crippen molar-refractivity contribution < 1.29 is 9.53 Å². The summed E-state index contributed by atoms with van der Waals surface area (Å²) >= 11 is 1.57. The molecule has 0 aliphatic carbocycles. The van der Waals surface area contributed by atoms with Gasteiger partial charge >= 0.3 is 0 Å². The van der Waals surface area contributed by atoms with Gasteiger partial charge in [0.25, 0.3) is 0 Å². The zero-order valence-corrected chi connectivity index (χ0v) is 19.1. The molecule has 0 fully saturated rings. The van der Waals surface area contributed by atoms with E-state index >= 15 is 0 Å². The number of hydrogen-bond acceptors (Lipinski definition) is 6. The van der Waals surface area contributed by atoms with Gasteiger partial charge in [-0.2, -0.15) is 4.98 Å². The summed E-state index contributed by atoms with van der Waals surface area (Å²) in [7, 11) is 0. The third-order valence-electron chi connectivity index (χ3n) is 5.19. The first-order valence-electron chi connectivity index (χ1n) is 10.5. The Kier molecular flexibility index (Phi) is 6.23. The Labute approximate surface area is 187 Å². The SMILES string of the molecule is CCCCSc1nnc2c(n1)OC(c1ccccc1)N(C(C)=O)c1c(C)cc(C)cc1-2. The van der Waals surface area contributed by atoms with E-state index in [1.165, 1.54) is 0 Å². The lowest BCUT2D eigenvalue weighted by molar-refractivity contribution is -0.118. The summed E-state index contributed by atoms with van der Waals surface area (Å²) in [6.45, 7) is 7.75. The molecule has 0 bridgehead atoms. The molecule has 160 valence electrons. The normalized spacial score (nSPS) is 15.0. The summed E-state index contributed by atoms with van der Waals surface area (Å²) in [4.78, 5) is 19.3. The number of aromatic nitrogens is 3. The number of nitrogens with zero attached hydrogens (tertiary/aromatic N) is 4. The molecule has 0 N–H and O–H groups in total. The molecule has 7 heteroatoms. The van der Waals surface area contributed by atoms with Gasteiger partial charge in [0, 0.05) is 23.8 Å². The number of carbonyl (C=O) groups is 1. The molecule has 1 aliphatic heterocycles. The van der Waals surface area contributed by atoms with E-state index in [-0.39, 0.29) is 5.91 Å². The van der Waals surface area contributed by atoms with Crippen molar-refractivity contribution in [2.45, 2.75) is 51.9 Å². The maximum absolute atomic E-state index is 12.9. The molecule has 1 atom stereocenters. The highest BCUT2D eigenvalue weighted by Gasteiger charge is 2.35. The largest absolute Gasteiger partial charge is 0.447 e. The average Bonchev–Trinajstić information content (AvgIpc) is 2.89. The second-order valence-electron chi connectivity index (χ2n) is 7.70. The Morgan fingerprint density at radius 1 is 1.16 bits per heavy atom. The Morgan fingerprint density at radius 2 is 1.94 bits per heavy atom. The van der Waals surface area contributed by atoms with Crippen molar-refractivity contribution in [3.05, 3.63) is 59.2 Å². The predicted octanol–water partition coefficient (Wildman–Crippen LogP) is 5.49. The molecule has 0 spiro atoms. The second-order valence-corrected chi connectivity index (χ2v) is 8.76. The molecule has 1 aromatic heterocycles. The Balaban J connectivity index is 1.92. The van der Waals surface area contributed by atoms with E-state index in [4.69, 9.17) is 9.72 Å². The van der Waals surface area contributed by atoms with Gasteiger partial charge in [0.2, 0.25) is 23.2 Å². The number of ether oxygens (including phenoxy) is 1. The molecule has 3 aromatic rings. The molecule has 0 saturated heterocycles. The van der Waals surface area contributed by atoms with Gasteiger partial charge in [-0.05, 0) is 31.9 Å². The van der Waals surface area contributed by atoms with Gasteiger partial charge in [0.1, 0.15) is 0 Å². The summed E-state index contributed by atoms with van der Waals surface area (Å²) in [6, 6.07) is 13.8. The third-order valence-corrected chi connectivity index (χ3v) is 6.11. The monoisotopic (exact) mass is 434 g/mol. The number of thioether (sulfide) groups is 1. The van der Waals surface area contributed by atoms with Crippen LogP contribution in [0.3, 0.4) is 0 Å². The molecule has 0 saturated carbocycles. The van der Waals surface area contributed by atoms with Gasteiger partial charge in [0.05, 0.1) is 5.69 Å². The Bertz CT molecular complexity index is 1100. The van der Waals surface area contributed by atoms with Crippen LogP contribution in [0.25, 0.3) is 11.3 Å². The van der Waals surface area contributed by atoms with Crippen molar-refractivity contribution in [3.63, 3.8) is 0 Å². The molecule has 0 radical (unpaired) electrons. The highest BCUT2D eigenvalue weighted by atomic mass is 32.2. The number of amides is 1. The van der Waals surface area contributed by atoms with Crippen molar-refractivity contribution in [1.82, 2.24) is 15.2 Å². The highest BCUT2D eigenvalue weighted by molar-refractivity contribution is 7.99. The van der Waals surface area contributed by atoms with Crippen LogP contribution in [-0.4, -0.2) is 26.8 Å². The first-order valence-corrected chi connectivity index (χ1v) is 11.5. The number of hydrogen-bond donors (Lipinski definition) is 0. The van der Waals surface area contributed by atoms with Crippen LogP contribution in [0, 0.1) is 13.8 Å². The first-order chi connectivity index (χ1) is 15.0. The second kappa shape index (κ2) is 9.06. The van der Waals surface area contributed by atoms with Crippen molar-refractivity contribution in [3.8, 4) is 17.1 Å². The summed E-state index contributed by atoms with van der Waals surface area (Å²) in [5.41, 5.74) is 5.08.